The summed E-state index contributed by atoms with van der Waals surface area (Å²) in [7, 11) is 0. The van der Waals surface area contributed by atoms with E-state index in [1.807, 2.05) is 13.0 Å². The largest absolute Gasteiger partial charge is 0.492 e. The van der Waals surface area contributed by atoms with Crippen LogP contribution >= 0.6 is 0 Å². The summed E-state index contributed by atoms with van der Waals surface area (Å²) in [6, 6.07) is 2.46. The Morgan fingerprint density at radius 2 is 2.15 bits per heavy atom. The number of likely N-dealkylation sites (tertiary alicyclic amines) is 1. The van der Waals surface area contributed by atoms with Crippen LogP contribution in [0.4, 0.5) is 0 Å². The van der Waals surface area contributed by atoms with Crippen LogP contribution < -0.4 is 4.74 Å². The van der Waals surface area contributed by atoms with Crippen LogP contribution in [0.15, 0.2) is 18.5 Å². The topological polar surface area (TPSA) is 45.6 Å². The molecular weight excluding hydrogens is 252 g/mol. The first-order valence-corrected chi connectivity index (χ1v) is 7.60. The first kappa shape index (κ1) is 15.3. The maximum Gasteiger partial charge on any atom is 0.137 e. The lowest BCUT2D eigenvalue weighted by molar-refractivity contribution is 0.0198. The molecule has 4 heteroatoms. The molecule has 0 bridgehead atoms. The molecule has 0 aliphatic carbocycles. The summed E-state index contributed by atoms with van der Waals surface area (Å²) in [4.78, 5) is 6.64. The van der Waals surface area contributed by atoms with Gasteiger partial charge in [0.1, 0.15) is 5.75 Å². The van der Waals surface area contributed by atoms with E-state index in [0.29, 0.717) is 12.6 Å². The molecule has 1 atom stereocenters. The van der Waals surface area contributed by atoms with Crippen molar-refractivity contribution in [2.75, 3.05) is 19.7 Å². The van der Waals surface area contributed by atoms with E-state index in [-0.39, 0.29) is 0 Å². The van der Waals surface area contributed by atoms with Gasteiger partial charge in [0.05, 0.1) is 18.4 Å². The Labute approximate surface area is 121 Å². The van der Waals surface area contributed by atoms with Crippen molar-refractivity contribution in [3.63, 3.8) is 0 Å². The molecule has 0 amide bonds. The molecule has 4 nitrogen and oxygen atoms in total. The minimum Gasteiger partial charge on any atom is -0.492 e. The van der Waals surface area contributed by atoms with Gasteiger partial charge in [-0.25, -0.2) is 0 Å². The highest BCUT2D eigenvalue weighted by Gasteiger charge is 2.33. The van der Waals surface area contributed by atoms with Crippen LogP contribution in [0, 0.1) is 0 Å². The maximum atomic E-state index is 11.0. The second-order valence-electron chi connectivity index (χ2n) is 5.86. The molecular formula is C16H26N2O2. The van der Waals surface area contributed by atoms with Gasteiger partial charge in [-0.15, -0.1) is 0 Å². The van der Waals surface area contributed by atoms with Crippen LogP contribution in [0.25, 0.3) is 0 Å². The summed E-state index contributed by atoms with van der Waals surface area (Å²) in [5.74, 6) is 0.739. The molecule has 1 N–H and O–H groups in total. The molecule has 2 heterocycles. The van der Waals surface area contributed by atoms with E-state index in [4.69, 9.17) is 4.74 Å². The lowest BCUT2D eigenvalue weighted by Gasteiger charge is -2.28. The highest BCUT2D eigenvalue weighted by atomic mass is 16.5. The molecule has 0 saturated carbocycles. The molecule has 0 aromatic carbocycles. The summed E-state index contributed by atoms with van der Waals surface area (Å²) in [6.45, 7) is 8.97. The van der Waals surface area contributed by atoms with Gasteiger partial charge in [-0.1, -0.05) is 0 Å². The second-order valence-corrected chi connectivity index (χ2v) is 5.86. The molecule has 20 heavy (non-hydrogen) atoms. The van der Waals surface area contributed by atoms with Crippen LogP contribution in [0.3, 0.4) is 0 Å². The predicted molar refractivity (Wildman–Crippen MR) is 79.9 cm³/mol. The molecule has 2 rings (SSSR count). The van der Waals surface area contributed by atoms with Gasteiger partial charge in [-0.3, -0.25) is 4.98 Å². The van der Waals surface area contributed by atoms with E-state index < -0.39 is 5.60 Å². The number of ether oxygens (including phenoxy) is 1. The van der Waals surface area contributed by atoms with Gasteiger partial charge in [0.15, 0.2) is 0 Å². The third-order valence-corrected chi connectivity index (χ3v) is 4.14. The van der Waals surface area contributed by atoms with E-state index >= 15 is 0 Å². The number of pyridine rings is 1. The smallest absolute Gasteiger partial charge is 0.137 e. The van der Waals surface area contributed by atoms with Crippen LogP contribution in [0.2, 0.25) is 0 Å². The van der Waals surface area contributed by atoms with Crippen molar-refractivity contribution in [3.05, 3.63) is 24.0 Å². The molecule has 1 saturated heterocycles. The average Bonchev–Trinajstić information content (AvgIpc) is 2.63. The van der Waals surface area contributed by atoms with Gasteiger partial charge in [0.25, 0.3) is 0 Å². The molecule has 1 unspecified atom stereocenters. The molecule has 1 aliphatic rings. The summed E-state index contributed by atoms with van der Waals surface area (Å²) >= 11 is 0. The van der Waals surface area contributed by atoms with E-state index in [2.05, 4.69) is 23.7 Å². The van der Waals surface area contributed by atoms with Crippen molar-refractivity contribution in [2.24, 2.45) is 0 Å². The molecule has 1 fully saturated rings. The summed E-state index contributed by atoms with van der Waals surface area (Å²) < 4.78 is 5.49. The van der Waals surface area contributed by atoms with Gasteiger partial charge in [0, 0.05) is 24.3 Å². The lowest BCUT2D eigenvalue weighted by Crippen LogP contribution is -2.33. The van der Waals surface area contributed by atoms with Crippen LogP contribution in [0.1, 0.15) is 45.6 Å². The van der Waals surface area contributed by atoms with Crippen LogP contribution in [-0.4, -0.2) is 40.7 Å². The fraction of sp³-hybridized carbons (Fsp3) is 0.688. The molecule has 1 aromatic rings. The highest BCUT2D eigenvalue weighted by molar-refractivity contribution is 5.28. The van der Waals surface area contributed by atoms with E-state index in [1.54, 1.807) is 12.4 Å². The van der Waals surface area contributed by atoms with Crippen LogP contribution in [0.5, 0.6) is 5.75 Å². The Kier molecular flexibility index (Phi) is 5.00. The molecule has 1 aromatic heterocycles. The zero-order chi connectivity index (χ0) is 14.6. The number of nitrogens with zero attached hydrogens (tertiary/aromatic N) is 2. The molecule has 0 spiro atoms. The second kappa shape index (κ2) is 6.55. The third-order valence-electron chi connectivity index (χ3n) is 4.14. The Hall–Kier alpha value is -1.13. The Balaban J connectivity index is 2.15. The highest BCUT2D eigenvalue weighted by Crippen LogP contribution is 2.34. The van der Waals surface area contributed by atoms with Gasteiger partial charge >= 0.3 is 0 Å². The van der Waals surface area contributed by atoms with Crippen molar-refractivity contribution in [3.8, 4) is 5.75 Å². The standard InChI is InChI=1S/C16H26N2O2/c1-4-20-15-10-14(11-17-12-15)16(19)6-5-8-18(9-7-16)13(2)3/h10-13,19H,4-9H2,1-3H3. The Bertz CT molecular complexity index is 436. The number of hydrogen-bond donors (Lipinski definition) is 1. The summed E-state index contributed by atoms with van der Waals surface area (Å²) in [6.07, 6.45) is 6.02. The SMILES string of the molecule is CCOc1cncc(C2(O)CCCN(C(C)C)CC2)c1. The molecule has 112 valence electrons. The zero-order valence-corrected chi connectivity index (χ0v) is 12.8. The number of aromatic nitrogens is 1. The fourth-order valence-electron chi connectivity index (χ4n) is 2.86. The first-order chi connectivity index (χ1) is 9.55. The van der Waals surface area contributed by atoms with Crippen molar-refractivity contribution < 1.29 is 9.84 Å². The van der Waals surface area contributed by atoms with Crippen molar-refractivity contribution in [1.82, 2.24) is 9.88 Å². The molecule has 0 radical (unpaired) electrons. The zero-order valence-electron chi connectivity index (χ0n) is 12.8. The predicted octanol–water partition coefficient (Wildman–Crippen LogP) is 2.56. The minimum absolute atomic E-state index is 0.533. The average molecular weight is 278 g/mol. The van der Waals surface area contributed by atoms with E-state index in [9.17, 15) is 5.11 Å². The fourth-order valence-corrected chi connectivity index (χ4v) is 2.86. The van der Waals surface area contributed by atoms with Gasteiger partial charge in [-0.2, -0.15) is 0 Å². The first-order valence-electron chi connectivity index (χ1n) is 7.60. The maximum absolute atomic E-state index is 11.0. The quantitative estimate of drug-likeness (QED) is 0.919. The summed E-state index contributed by atoms with van der Waals surface area (Å²) in [5, 5.41) is 11.0. The Morgan fingerprint density at radius 3 is 2.85 bits per heavy atom. The summed E-state index contributed by atoms with van der Waals surface area (Å²) in [5.41, 5.74) is 0.109. The lowest BCUT2D eigenvalue weighted by atomic mass is 9.88. The Morgan fingerprint density at radius 1 is 1.35 bits per heavy atom. The van der Waals surface area contributed by atoms with Crippen molar-refractivity contribution >= 4 is 0 Å². The van der Waals surface area contributed by atoms with Gasteiger partial charge in [-0.05, 0) is 52.6 Å². The normalized spacial score (nSPS) is 24.6. The number of aliphatic hydroxyl groups is 1. The minimum atomic E-state index is -0.774. The van der Waals surface area contributed by atoms with Gasteiger partial charge in [0.2, 0.25) is 0 Å². The van der Waals surface area contributed by atoms with Crippen molar-refractivity contribution in [1.29, 1.82) is 0 Å². The number of hydrogen-bond acceptors (Lipinski definition) is 4. The van der Waals surface area contributed by atoms with Crippen molar-refractivity contribution in [2.45, 2.75) is 51.7 Å². The third kappa shape index (κ3) is 3.49. The van der Waals surface area contributed by atoms with Crippen LogP contribution in [-0.2, 0) is 5.60 Å². The van der Waals surface area contributed by atoms with Gasteiger partial charge < -0.3 is 14.7 Å². The molecule has 1 aliphatic heterocycles. The van der Waals surface area contributed by atoms with E-state index in [0.717, 1.165) is 43.7 Å². The monoisotopic (exact) mass is 278 g/mol. The van der Waals surface area contributed by atoms with E-state index in [1.165, 1.54) is 0 Å². The number of rotatable bonds is 4.